The van der Waals surface area contributed by atoms with E-state index >= 15 is 0 Å². The van der Waals surface area contributed by atoms with Gasteiger partial charge in [0.25, 0.3) is 0 Å². The molecule has 0 aliphatic heterocycles. The van der Waals surface area contributed by atoms with Gasteiger partial charge in [-0.05, 0) is 62.2 Å². The highest BCUT2D eigenvalue weighted by Crippen LogP contribution is 2.51. The number of hydrogen-bond donors (Lipinski definition) is 3. The molecule has 1 aromatic heterocycles. The molecule has 1 amide bonds. The number of aliphatic hydroxyl groups is 1. The number of likely N-dealkylation sites (N-methyl/N-ethyl adjacent to an activating group) is 1. The lowest BCUT2D eigenvalue weighted by Crippen LogP contribution is -2.74. The van der Waals surface area contributed by atoms with Gasteiger partial charge >= 0.3 is 0 Å². The molecule has 0 saturated heterocycles. The maximum atomic E-state index is 13.9. The van der Waals surface area contributed by atoms with Crippen LogP contribution in [0, 0.1) is 23.7 Å². The van der Waals surface area contributed by atoms with Gasteiger partial charge in [-0.2, -0.15) is 0 Å². The van der Waals surface area contributed by atoms with E-state index in [4.69, 9.17) is 5.73 Å². The second-order valence-electron chi connectivity index (χ2n) is 11.2. The summed E-state index contributed by atoms with van der Waals surface area (Å²) in [5.74, 6) is -10.7. The number of phenols is 1. The number of rotatable bonds is 3. The van der Waals surface area contributed by atoms with Crippen molar-refractivity contribution in [3.8, 4) is 16.9 Å². The molecule has 3 aliphatic rings. The SMILES string of the molecule is CN(C)[C@H]1C(=O)C(C(N)=O)C(=O)[C@@]2(O)C(=O)C3C(=O)c4c(O)ccc(-c5cnc6ccccc6c5)c4C[C@H]3C[C@@H]12. The number of amides is 1. The van der Waals surface area contributed by atoms with E-state index in [1.807, 2.05) is 30.3 Å². The number of pyridine rings is 1. The number of para-hydroxylation sites is 1. The standard InChI is InChI=1S/C30H27N3O7/c1-33(2)24-18-11-14-10-17-16(15-9-13-5-3-4-6-19(13)32-12-15)7-8-20(34)22(17)25(35)21(14)27(37)30(18,40)28(38)23(26(24)36)29(31)39/h3-9,12,14,18,21,23-24,34,40H,10-11H2,1-2H3,(H2,31,39)/t14-,18-,21?,23?,24+,30-/m0/s1. The zero-order chi connectivity index (χ0) is 28.7. The minimum atomic E-state index is -2.74. The quantitative estimate of drug-likeness (QED) is 0.411. The average molecular weight is 542 g/mol. The molecule has 4 N–H and O–H groups in total. The zero-order valence-electron chi connectivity index (χ0n) is 21.8. The largest absolute Gasteiger partial charge is 0.507 e. The number of fused-ring (bicyclic) bond motifs is 4. The first-order valence-corrected chi connectivity index (χ1v) is 13.0. The summed E-state index contributed by atoms with van der Waals surface area (Å²) in [5, 5.41) is 23.3. The maximum absolute atomic E-state index is 13.9. The summed E-state index contributed by atoms with van der Waals surface area (Å²) in [4.78, 5) is 72.6. The molecular formula is C30H27N3O7. The van der Waals surface area contributed by atoms with E-state index in [0.717, 1.165) is 16.5 Å². The molecule has 2 unspecified atom stereocenters. The molecule has 204 valence electrons. The molecule has 3 aliphatic carbocycles. The third kappa shape index (κ3) is 3.42. The number of ketones is 4. The summed E-state index contributed by atoms with van der Waals surface area (Å²) in [5.41, 5.74) is 5.29. The van der Waals surface area contributed by atoms with Gasteiger partial charge in [-0.3, -0.25) is 33.9 Å². The molecule has 0 spiro atoms. The Morgan fingerprint density at radius 2 is 1.80 bits per heavy atom. The van der Waals surface area contributed by atoms with Crippen molar-refractivity contribution < 1.29 is 34.2 Å². The molecule has 10 nitrogen and oxygen atoms in total. The Morgan fingerprint density at radius 1 is 1.07 bits per heavy atom. The lowest BCUT2D eigenvalue weighted by atomic mass is 9.52. The Hall–Kier alpha value is -4.28. The molecule has 0 bridgehead atoms. The summed E-state index contributed by atoms with van der Waals surface area (Å²) in [6.07, 6.45) is 1.86. The van der Waals surface area contributed by atoms with Gasteiger partial charge in [0.15, 0.2) is 34.7 Å². The summed E-state index contributed by atoms with van der Waals surface area (Å²) in [6.45, 7) is 0. The zero-order valence-corrected chi connectivity index (χ0v) is 21.8. The predicted molar refractivity (Wildman–Crippen MR) is 142 cm³/mol. The number of benzene rings is 2. The maximum Gasteiger partial charge on any atom is 0.235 e. The van der Waals surface area contributed by atoms with E-state index in [9.17, 15) is 34.2 Å². The number of nitrogens with zero attached hydrogens (tertiary/aromatic N) is 2. The van der Waals surface area contributed by atoms with Gasteiger partial charge < -0.3 is 15.9 Å². The highest BCUT2D eigenvalue weighted by atomic mass is 16.3. The van der Waals surface area contributed by atoms with Crippen LogP contribution in [0.3, 0.4) is 0 Å². The van der Waals surface area contributed by atoms with E-state index in [-0.39, 0.29) is 24.2 Å². The lowest BCUT2D eigenvalue weighted by Gasteiger charge is -2.52. The van der Waals surface area contributed by atoms with Crippen molar-refractivity contribution in [2.75, 3.05) is 14.1 Å². The van der Waals surface area contributed by atoms with Crippen LogP contribution in [-0.4, -0.2) is 74.9 Å². The number of Topliss-reactive ketones (excluding diaryl/α,β-unsaturated/α-hetero) is 4. The Balaban J connectivity index is 1.49. The first kappa shape index (κ1) is 26.0. The molecule has 1 heterocycles. The minimum Gasteiger partial charge on any atom is -0.507 e. The van der Waals surface area contributed by atoms with Gasteiger partial charge in [0.2, 0.25) is 5.91 Å². The summed E-state index contributed by atoms with van der Waals surface area (Å²) < 4.78 is 0. The highest BCUT2D eigenvalue weighted by Gasteiger charge is 2.69. The van der Waals surface area contributed by atoms with Crippen molar-refractivity contribution in [3.63, 3.8) is 0 Å². The average Bonchev–Trinajstić information content (AvgIpc) is 2.90. The molecule has 6 atom stereocenters. The number of aromatic nitrogens is 1. The molecule has 2 saturated carbocycles. The fourth-order valence-electron chi connectivity index (χ4n) is 7.09. The molecule has 6 rings (SSSR count). The number of nitrogens with two attached hydrogens (primary N) is 1. The van der Waals surface area contributed by atoms with Crippen LogP contribution in [0.15, 0.2) is 48.7 Å². The van der Waals surface area contributed by atoms with Crippen LogP contribution in [0.2, 0.25) is 0 Å². The predicted octanol–water partition coefficient (Wildman–Crippen LogP) is 1.08. The topological polar surface area (TPSA) is 168 Å². The fourth-order valence-corrected chi connectivity index (χ4v) is 7.09. The summed E-state index contributed by atoms with van der Waals surface area (Å²) >= 11 is 0. The molecule has 3 aromatic rings. The Kier molecular flexibility index (Phi) is 5.76. The minimum absolute atomic E-state index is 0.00500. The van der Waals surface area contributed by atoms with Crippen molar-refractivity contribution in [1.29, 1.82) is 0 Å². The van der Waals surface area contributed by atoms with Gasteiger partial charge in [-0.15, -0.1) is 0 Å². The van der Waals surface area contributed by atoms with Crippen LogP contribution in [0.5, 0.6) is 5.75 Å². The van der Waals surface area contributed by atoms with Crippen LogP contribution in [0.25, 0.3) is 22.0 Å². The van der Waals surface area contributed by atoms with Crippen molar-refractivity contribution >= 4 is 39.9 Å². The highest BCUT2D eigenvalue weighted by molar-refractivity contribution is 6.32. The summed E-state index contributed by atoms with van der Waals surface area (Å²) in [7, 11) is 3.11. The summed E-state index contributed by atoms with van der Waals surface area (Å²) in [6, 6.07) is 11.4. The lowest BCUT2D eigenvalue weighted by molar-refractivity contribution is -0.181. The van der Waals surface area contributed by atoms with Crippen LogP contribution in [0.1, 0.15) is 22.3 Å². The third-order valence-corrected chi connectivity index (χ3v) is 8.85. The van der Waals surface area contributed by atoms with Gasteiger partial charge in [-0.1, -0.05) is 24.3 Å². The van der Waals surface area contributed by atoms with Crippen molar-refractivity contribution in [2.45, 2.75) is 24.5 Å². The van der Waals surface area contributed by atoms with E-state index in [0.29, 0.717) is 11.1 Å². The fraction of sp³-hybridized carbons (Fsp3) is 0.333. The molecule has 2 fully saturated rings. The van der Waals surface area contributed by atoms with Crippen molar-refractivity contribution in [3.05, 3.63) is 59.8 Å². The van der Waals surface area contributed by atoms with Crippen LogP contribution in [-0.2, 0) is 25.6 Å². The first-order valence-electron chi connectivity index (χ1n) is 13.0. The van der Waals surface area contributed by atoms with E-state index in [1.54, 1.807) is 26.4 Å². The number of carbonyl (C=O) groups excluding carboxylic acids is 5. The van der Waals surface area contributed by atoms with Crippen molar-refractivity contribution in [1.82, 2.24) is 9.88 Å². The third-order valence-electron chi connectivity index (χ3n) is 8.85. The second kappa shape index (κ2) is 8.87. The number of aromatic hydroxyl groups is 1. The van der Waals surface area contributed by atoms with Gasteiger partial charge in [0, 0.05) is 23.1 Å². The van der Waals surface area contributed by atoms with E-state index in [2.05, 4.69) is 4.98 Å². The van der Waals surface area contributed by atoms with Crippen molar-refractivity contribution in [2.24, 2.45) is 29.4 Å². The second-order valence-corrected chi connectivity index (χ2v) is 11.2. The van der Waals surface area contributed by atoms with Crippen LogP contribution >= 0.6 is 0 Å². The van der Waals surface area contributed by atoms with Gasteiger partial charge in [0.05, 0.1) is 23.0 Å². The van der Waals surface area contributed by atoms with E-state index in [1.165, 1.54) is 11.0 Å². The molecule has 40 heavy (non-hydrogen) atoms. The smallest absolute Gasteiger partial charge is 0.235 e. The van der Waals surface area contributed by atoms with Gasteiger partial charge in [0.1, 0.15) is 5.75 Å². The van der Waals surface area contributed by atoms with Gasteiger partial charge in [-0.25, -0.2) is 0 Å². The number of hydrogen-bond acceptors (Lipinski definition) is 9. The molecule has 0 radical (unpaired) electrons. The monoisotopic (exact) mass is 541 g/mol. The first-order chi connectivity index (χ1) is 19.0. The molecule has 10 heteroatoms. The Labute approximate surface area is 228 Å². The van der Waals surface area contributed by atoms with E-state index < -0.39 is 64.4 Å². The Bertz CT molecular complexity index is 1660. The molecular weight excluding hydrogens is 514 g/mol. The van der Waals surface area contributed by atoms with Crippen LogP contribution < -0.4 is 5.73 Å². The molecule has 2 aromatic carbocycles. The number of phenolic OH excluding ortho intramolecular Hbond substituents is 1. The number of primary amides is 1. The number of carbonyl (C=O) groups is 5. The normalized spacial score (nSPS) is 29.8. The Morgan fingerprint density at radius 3 is 2.50 bits per heavy atom. The van der Waals surface area contributed by atoms with Crippen LogP contribution in [0.4, 0.5) is 0 Å².